The van der Waals surface area contributed by atoms with Gasteiger partial charge in [0.2, 0.25) is 0 Å². The molecule has 3 aromatic carbocycles. The third kappa shape index (κ3) is 7.17. The summed E-state index contributed by atoms with van der Waals surface area (Å²) >= 11 is 1.38. The van der Waals surface area contributed by atoms with Gasteiger partial charge in [-0.1, -0.05) is 18.2 Å². The molecule has 0 aliphatic carbocycles. The number of hydrogen-bond donors (Lipinski definition) is 2. The molecule has 10 nitrogen and oxygen atoms in total. The number of benzene rings is 3. The van der Waals surface area contributed by atoms with Crippen molar-refractivity contribution in [3.63, 3.8) is 0 Å². The van der Waals surface area contributed by atoms with E-state index in [0.29, 0.717) is 51.9 Å². The lowest BCUT2D eigenvalue weighted by atomic mass is 9.99. The molecule has 0 spiro atoms. The first-order valence-corrected chi connectivity index (χ1v) is 16.3. The lowest BCUT2D eigenvalue weighted by molar-refractivity contribution is -0.123. The summed E-state index contributed by atoms with van der Waals surface area (Å²) in [6.07, 6.45) is 3.32. The number of amides is 3. The molecule has 0 saturated carbocycles. The van der Waals surface area contributed by atoms with Crippen molar-refractivity contribution in [2.45, 2.75) is 30.1 Å². The van der Waals surface area contributed by atoms with Crippen LogP contribution in [0, 0.1) is 5.82 Å². The average molecular weight is 657 g/mol. The fourth-order valence-electron chi connectivity index (χ4n) is 5.68. The first kappa shape index (κ1) is 31.9. The van der Waals surface area contributed by atoms with Gasteiger partial charge in [0.05, 0.1) is 24.3 Å². The number of pyridine rings is 1. The molecule has 12 heteroatoms. The second kappa shape index (κ2) is 14.1. The Balaban J connectivity index is 1.36. The van der Waals surface area contributed by atoms with Gasteiger partial charge in [-0.25, -0.2) is 9.37 Å². The van der Waals surface area contributed by atoms with Gasteiger partial charge in [-0.15, -0.1) is 11.8 Å². The number of carbonyl (C=O) groups excluding carboxylic acids is 3. The predicted molar refractivity (Wildman–Crippen MR) is 174 cm³/mol. The second-order valence-corrected chi connectivity index (χ2v) is 11.9. The third-order valence-electron chi connectivity index (χ3n) is 8.12. The highest BCUT2D eigenvalue weighted by Crippen LogP contribution is 2.30. The summed E-state index contributed by atoms with van der Waals surface area (Å²) in [4.78, 5) is 46.0. The quantitative estimate of drug-likeness (QED) is 0.304. The lowest BCUT2D eigenvalue weighted by Gasteiger charge is -2.39. The van der Waals surface area contributed by atoms with Crippen LogP contribution >= 0.6 is 11.8 Å². The van der Waals surface area contributed by atoms with Gasteiger partial charge in [-0.3, -0.25) is 14.4 Å². The van der Waals surface area contributed by atoms with E-state index >= 15 is 4.39 Å². The summed E-state index contributed by atoms with van der Waals surface area (Å²) in [6, 6.07) is 19.3. The Bertz CT molecular complexity index is 1820. The highest BCUT2D eigenvalue weighted by Gasteiger charge is 2.36. The van der Waals surface area contributed by atoms with E-state index < -0.39 is 23.9 Å². The van der Waals surface area contributed by atoms with Crippen molar-refractivity contribution in [1.29, 1.82) is 0 Å². The molecule has 3 aliphatic heterocycles. The fourth-order valence-corrected chi connectivity index (χ4v) is 6.23. The fraction of sp³-hybridized carbons (Fsp3) is 0.257. The normalized spacial score (nSPS) is 18.1. The van der Waals surface area contributed by atoms with E-state index in [1.807, 2.05) is 6.26 Å². The third-order valence-corrected chi connectivity index (χ3v) is 8.83. The Morgan fingerprint density at radius 2 is 1.89 bits per heavy atom. The number of methoxy groups -OCH3 is 1. The van der Waals surface area contributed by atoms with Crippen LogP contribution in [0.15, 0.2) is 84.0 Å². The van der Waals surface area contributed by atoms with E-state index in [1.54, 1.807) is 71.8 Å². The van der Waals surface area contributed by atoms with Gasteiger partial charge in [0.1, 0.15) is 34.2 Å². The molecule has 2 N–H and O–H groups in total. The molecule has 0 radical (unpaired) electrons. The molecule has 1 saturated heterocycles. The smallest absolute Gasteiger partial charge is 0.258 e. The van der Waals surface area contributed by atoms with Gasteiger partial charge >= 0.3 is 0 Å². The molecule has 242 valence electrons. The van der Waals surface area contributed by atoms with Gasteiger partial charge in [0.25, 0.3) is 17.7 Å². The maximum Gasteiger partial charge on any atom is 0.258 e. The van der Waals surface area contributed by atoms with Crippen LogP contribution in [0.25, 0.3) is 11.1 Å². The number of carbonyl (C=O) groups is 3. The lowest BCUT2D eigenvalue weighted by Crippen LogP contribution is -2.58. The SMILES string of the molecule is COc1cc2ccc1CNC(=O)COc1cccc(c1)-c1ccc(F)c(c1)C(=O)N[C@@H]1CN(C(=O)c3cccnc3SC)CC[C@@H]1O2. The first-order chi connectivity index (χ1) is 22.8. The van der Waals surface area contributed by atoms with Gasteiger partial charge in [0.15, 0.2) is 6.61 Å². The Hall–Kier alpha value is -5.10. The largest absolute Gasteiger partial charge is 0.496 e. The zero-order valence-corrected chi connectivity index (χ0v) is 26.6. The minimum Gasteiger partial charge on any atom is -0.496 e. The highest BCUT2D eigenvalue weighted by molar-refractivity contribution is 7.98. The van der Waals surface area contributed by atoms with Crippen LogP contribution in [0.2, 0.25) is 0 Å². The summed E-state index contributed by atoms with van der Waals surface area (Å²) in [5, 5.41) is 6.41. The number of piperidine rings is 1. The van der Waals surface area contributed by atoms with Gasteiger partial charge in [0, 0.05) is 43.9 Å². The topological polar surface area (TPSA) is 119 Å². The van der Waals surface area contributed by atoms with Crippen molar-refractivity contribution in [2.24, 2.45) is 0 Å². The predicted octanol–water partition coefficient (Wildman–Crippen LogP) is 4.72. The summed E-state index contributed by atoms with van der Waals surface area (Å²) in [5.41, 5.74) is 2.29. The molecule has 47 heavy (non-hydrogen) atoms. The number of aromatic nitrogens is 1. The monoisotopic (exact) mass is 656 g/mol. The Morgan fingerprint density at radius 1 is 1.04 bits per heavy atom. The Labute approximate surface area is 275 Å². The first-order valence-electron chi connectivity index (χ1n) is 15.0. The average Bonchev–Trinajstić information content (AvgIpc) is 3.10. The van der Waals surface area contributed by atoms with E-state index in [1.165, 1.54) is 31.0 Å². The number of ether oxygens (including phenoxy) is 3. The van der Waals surface area contributed by atoms with E-state index in [-0.39, 0.29) is 37.1 Å². The zero-order chi connectivity index (χ0) is 32.9. The minimum absolute atomic E-state index is 0.125. The van der Waals surface area contributed by atoms with Crippen molar-refractivity contribution in [1.82, 2.24) is 20.5 Å². The molecule has 2 atom stereocenters. The summed E-state index contributed by atoms with van der Waals surface area (Å²) < 4.78 is 32.9. The van der Waals surface area contributed by atoms with Crippen molar-refractivity contribution < 1.29 is 33.0 Å². The molecule has 4 heterocycles. The van der Waals surface area contributed by atoms with Crippen molar-refractivity contribution >= 4 is 29.5 Å². The number of fused-ring (bicyclic) bond motifs is 7. The molecule has 0 unspecified atom stereocenters. The number of halogens is 1. The summed E-state index contributed by atoms with van der Waals surface area (Å²) in [5.74, 6) is -0.470. The maximum absolute atomic E-state index is 15.2. The van der Waals surface area contributed by atoms with E-state index in [0.717, 1.165) is 5.56 Å². The molecule has 4 aromatic rings. The second-order valence-electron chi connectivity index (χ2n) is 11.1. The summed E-state index contributed by atoms with van der Waals surface area (Å²) in [6.45, 7) is 0.476. The molecule has 3 aliphatic rings. The molecule has 7 rings (SSSR count). The van der Waals surface area contributed by atoms with Crippen LogP contribution in [-0.4, -0.2) is 72.8 Å². The minimum atomic E-state index is -0.695. The molecule has 1 aromatic heterocycles. The van der Waals surface area contributed by atoms with Crippen LogP contribution in [0.1, 0.15) is 32.7 Å². The van der Waals surface area contributed by atoms with Crippen molar-refractivity contribution in [2.75, 3.05) is 33.1 Å². The van der Waals surface area contributed by atoms with Crippen LogP contribution in [0.5, 0.6) is 17.2 Å². The van der Waals surface area contributed by atoms with Crippen LogP contribution in [0.4, 0.5) is 4.39 Å². The molecule has 1 fully saturated rings. The van der Waals surface area contributed by atoms with E-state index in [9.17, 15) is 14.4 Å². The van der Waals surface area contributed by atoms with Crippen LogP contribution < -0.4 is 24.8 Å². The summed E-state index contributed by atoms with van der Waals surface area (Å²) in [7, 11) is 1.52. The van der Waals surface area contributed by atoms with Crippen LogP contribution in [-0.2, 0) is 11.3 Å². The Kier molecular flexibility index (Phi) is 9.58. The molecular formula is C35H33FN4O6S. The molecule has 6 bridgehead atoms. The number of nitrogens with one attached hydrogen (secondary N) is 2. The Morgan fingerprint density at radius 3 is 2.72 bits per heavy atom. The standard InChI is InChI=1S/C35H33FN4O6S/c1-44-31-17-25-10-8-23(31)18-38-32(41)20-45-24-6-3-5-21(15-24)22-9-11-28(36)27(16-22)33(42)39-29-19-40(14-12-30(29)46-25)35(43)26-7-4-13-37-34(26)47-2/h3-11,13,15-17,29-30H,12,14,18-20H2,1-2H3,(H,38,41)(H,39,42)/t29-,30+/m1/s1. The highest BCUT2D eigenvalue weighted by atomic mass is 32.2. The van der Waals surface area contributed by atoms with Crippen LogP contribution in [0.3, 0.4) is 0 Å². The van der Waals surface area contributed by atoms with Gasteiger partial charge in [-0.2, -0.15) is 0 Å². The van der Waals surface area contributed by atoms with Crippen molar-refractivity contribution in [3.05, 3.63) is 102 Å². The maximum atomic E-state index is 15.2. The number of likely N-dealkylation sites (tertiary alicyclic amines) is 1. The van der Waals surface area contributed by atoms with E-state index in [4.69, 9.17) is 14.2 Å². The molecule has 3 amide bonds. The number of thioether (sulfide) groups is 1. The molecular weight excluding hydrogens is 623 g/mol. The van der Waals surface area contributed by atoms with Crippen molar-refractivity contribution in [3.8, 4) is 28.4 Å². The number of nitrogens with zero attached hydrogens (tertiary/aromatic N) is 2. The number of hydrogen-bond acceptors (Lipinski definition) is 8. The zero-order valence-electron chi connectivity index (χ0n) is 25.8. The van der Waals surface area contributed by atoms with Gasteiger partial charge < -0.3 is 29.7 Å². The number of rotatable bonds is 3. The van der Waals surface area contributed by atoms with Gasteiger partial charge in [-0.05, 0) is 65.9 Å². The van der Waals surface area contributed by atoms with E-state index in [2.05, 4.69) is 15.6 Å².